The molecule has 8 heavy (non-hydrogen) atoms. The number of unbranched alkanes of at least 4 members (excludes halogenated alkanes) is 2. The van der Waals surface area contributed by atoms with Crippen molar-refractivity contribution in [2.24, 2.45) is 5.16 Å². The van der Waals surface area contributed by atoms with Crippen molar-refractivity contribution in [2.45, 2.75) is 19.3 Å². The van der Waals surface area contributed by atoms with E-state index >= 15 is 0 Å². The molecule has 0 aromatic rings. The molecule has 0 saturated carbocycles. The van der Waals surface area contributed by atoms with Crippen LogP contribution in [0.25, 0.3) is 0 Å². The number of hydrogen-bond acceptors (Lipinski definition) is 3. The molecule has 0 heterocycles. The Morgan fingerprint density at radius 3 is 3.00 bits per heavy atom. The highest BCUT2D eigenvalue weighted by Crippen LogP contribution is 1.88. The summed E-state index contributed by atoms with van der Waals surface area (Å²) in [6.45, 7) is 0. The Hall–Kier alpha value is -1.04. The first kappa shape index (κ1) is 6.96. The molecule has 0 aliphatic carbocycles. The monoisotopic (exact) mass is 112 g/mol. The zero-order chi connectivity index (χ0) is 6.24. The van der Waals surface area contributed by atoms with Gasteiger partial charge in [-0.2, -0.15) is 5.26 Å². The molecule has 0 spiro atoms. The Kier molecular flexibility index (Phi) is 5.19. The van der Waals surface area contributed by atoms with E-state index in [0.29, 0.717) is 12.8 Å². The van der Waals surface area contributed by atoms with Crippen LogP contribution in [0.2, 0.25) is 0 Å². The van der Waals surface area contributed by atoms with Crippen LogP contribution in [0.4, 0.5) is 0 Å². The highest BCUT2D eigenvalue weighted by Gasteiger charge is 1.79. The summed E-state index contributed by atoms with van der Waals surface area (Å²) >= 11 is 0. The van der Waals surface area contributed by atoms with Gasteiger partial charge in [0.25, 0.3) is 0 Å². The first-order chi connectivity index (χ1) is 3.91. The maximum Gasteiger partial charge on any atom is 0.0621 e. The second-order valence-corrected chi connectivity index (χ2v) is 1.35. The lowest BCUT2D eigenvalue weighted by Crippen LogP contribution is -1.74. The van der Waals surface area contributed by atoms with Crippen molar-refractivity contribution in [1.82, 2.24) is 0 Å². The second kappa shape index (κ2) is 5.96. The predicted molar refractivity (Wildman–Crippen MR) is 29.7 cm³/mol. The summed E-state index contributed by atoms with van der Waals surface area (Å²) in [5, 5.41) is 18.6. The summed E-state index contributed by atoms with van der Waals surface area (Å²) in [5.41, 5.74) is 0. The van der Waals surface area contributed by atoms with Gasteiger partial charge in [-0.15, -0.1) is 5.16 Å². The molecule has 0 atom stereocenters. The molecule has 0 aromatic carbocycles. The van der Waals surface area contributed by atoms with Gasteiger partial charge < -0.3 is 5.21 Å². The summed E-state index contributed by atoms with van der Waals surface area (Å²) in [6, 6.07) is 1.98. The summed E-state index contributed by atoms with van der Waals surface area (Å²) in [4.78, 5) is 0. The Bertz CT molecular complexity index is 103. The van der Waals surface area contributed by atoms with E-state index in [9.17, 15) is 0 Å². The average molecular weight is 112 g/mol. The average Bonchev–Trinajstić information content (AvgIpc) is 1.81. The fourth-order valence-corrected chi connectivity index (χ4v) is 0.330. The predicted octanol–water partition coefficient (Wildman–Crippen LogP) is 1.14. The van der Waals surface area contributed by atoms with Crippen LogP contribution in [-0.2, 0) is 0 Å². The topological polar surface area (TPSA) is 56.4 Å². The third-order valence-electron chi connectivity index (χ3n) is 0.703. The number of oxime groups is 1. The lowest BCUT2D eigenvalue weighted by molar-refractivity contribution is 0.320. The summed E-state index contributed by atoms with van der Waals surface area (Å²) in [6.07, 6.45) is 3.38. The van der Waals surface area contributed by atoms with Crippen molar-refractivity contribution in [3.05, 3.63) is 0 Å². The van der Waals surface area contributed by atoms with Crippen LogP contribution in [0.1, 0.15) is 19.3 Å². The van der Waals surface area contributed by atoms with Crippen LogP contribution in [0.15, 0.2) is 5.16 Å². The maximum absolute atomic E-state index is 8.01. The van der Waals surface area contributed by atoms with Crippen molar-refractivity contribution in [3.63, 3.8) is 0 Å². The van der Waals surface area contributed by atoms with Crippen molar-refractivity contribution in [3.8, 4) is 6.07 Å². The SMILES string of the molecule is N#CCCCC=NO. The Morgan fingerprint density at radius 1 is 1.75 bits per heavy atom. The number of rotatable bonds is 3. The van der Waals surface area contributed by atoms with Gasteiger partial charge in [0.05, 0.1) is 6.07 Å². The van der Waals surface area contributed by atoms with Gasteiger partial charge in [0.1, 0.15) is 0 Å². The molecule has 1 N–H and O–H groups in total. The minimum absolute atomic E-state index is 0.534. The zero-order valence-electron chi connectivity index (χ0n) is 4.54. The summed E-state index contributed by atoms with van der Waals surface area (Å²) in [5.74, 6) is 0. The Labute approximate surface area is 48.2 Å². The van der Waals surface area contributed by atoms with E-state index in [0.717, 1.165) is 6.42 Å². The summed E-state index contributed by atoms with van der Waals surface area (Å²) < 4.78 is 0. The molecule has 0 unspecified atom stereocenters. The van der Waals surface area contributed by atoms with Crippen LogP contribution < -0.4 is 0 Å². The van der Waals surface area contributed by atoms with Gasteiger partial charge in [0, 0.05) is 12.6 Å². The molecular weight excluding hydrogens is 104 g/mol. The molecule has 0 aliphatic rings. The van der Waals surface area contributed by atoms with Crippen LogP contribution in [0, 0.1) is 11.3 Å². The van der Waals surface area contributed by atoms with Crippen LogP contribution in [0.3, 0.4) is 0 Å². The molecule has 3 nitrogen and oxygen atoms in total. The molecule has 0 fully saturated rings. The van der Waals surface area contributed by atoms with Crippen LogP contribution in [0.5, 0.6) is 0 Å². The Balaban J connectivity index is 2.85. The molecule has 0 aromatic heterocycles. The third kappa shape index (κ3) is 4.96. The lowest BCUT2D eigenvalue weighted by atomic mass is 10.3. The fourth-order valence-electron chi connectivity index (χ4n) is 0.330. The number of hydrogen-bond donors (Lipinski definition) is 1. The standard InChI is InChI=1S/C5H8N2O/c6-4-2-1-3-5-7-8/h5,8H,1-3H2. The van der Waals surface area contributed by atoms with Crippen LogP contribution in [-0.4, -0.2) is 11.4 Å². The minimum Gasteiger partial charge on any atom is -0.411 e. The van der Waals surface area contributed by atoms with E-state index in [1.807, 2.05) is 6.07 Å². The first-order valence-electron chi connectivity index (χ1n) is 2.44. The Morgan fingerprint density at radius 2 is 2.50 bits per heavy atom. The van der Waals surface area contributed by atoms with Crippen molar-refractivity contribution < 1.29 is 5.21 Å². The van der Waals surface area contributed by atoms with E-state index < -0.39 is 0 Å². The van der Waals surface area contributed by atoms with Gasteiger partial charge in [-0.25, -0.2) is 0 Å². The van der Waals surface area contributed by atoms with Gasteiger partial charge in [0.2, 0.25) is 0 Å². The van der Waals surface area contributed by atoms with E-state index in [1.54, 1.807) is 0 Å². The molecule has 0 radical (unpaired) electrons. The summed E-state index contributed by atoms with van der Waals surface area (Å²) in [7, 11) is 0. The second-order valence-electron chi connectivity index (χ2n) is 1.35. The fraction of sp³-hybridized carbons (Fsp3) is 0.600. The van der Waals surface area contributed by atoms with E-state index in [-0.39, 0.29) is 0 Å². The molecule has 0 aliphatic heterocycles. The van der Waals surface area contributed by atoms with Gasteiger partial charge in [-0.3, -0.25) is 0 Å². The minimum atomic E-state index is 0.534. The van der Waals surface area contributed by atoms with Crippen LogP contribution >= 0.6 is 0 Å². The van der Waals surface area contributed by atoms with Gasteiger partial charge in [-0.05, 0) is 12.8 Å². The molecule has 3 heteroatoms. The molecule has 0 rings (SSSR count). The normalized spacial score (nSPS) is 9.38. The molecule has 0 saturated heterocycles. The van der Waals surface area contributed by atoms with E-state index in [2.05, 4.69) is 5.16 Å². The molecular formula is C5H8N2O. The van der Waals surface area contributed by atoms with E-state index in [4.69, 9.17) is 10.5 Å². The number of nitriles is 1. The third-order valence-corrected chi connectivity index (χ3v) is 0.703. The van der Waals surface area contributed by atoms with Crippen molar-refractivity contribution >= 4 is 6.21 Å². The smallest absolute Gasteiger partial charge is 0.0621 e. The lowest BCUT2D eigenvalue weighted by Gasteiger charge is -1.80. The molecule has 0 bridgehead atoms. The van der Waals surface area contributed by atoms with Gasteiger partial charge in [-0.1, -0.05) is 0 Å². The quantitative estimate of drug-likeness (QED) is 0.257. The molecule has 44 valence electrons. The van der Waals surface area contributed by atoms with Crippen molar-refractivity contribution in [1.29, 1.82) is 5.26 Å². The first-order valence-corrected chi connectivity index (χ1v) is 2.44. The molecule has 0 amide bonds. The highest BCUT2D eigenvalue weighted by atomic mass is 16.4. The highest BCUT2D eigenvalue weighted by molar-refractivity contribution is 5.55. The van der Waals surface area contributed by atoms with Gasteiger partial charge >= 0.3 is 0 Å². The zero-order valence-corrected chi connectivity index (χ0v) is 4.54. The van der Waals surface area contributed by atoms with Crippen molar-refractivity contribution in [2.75, 3.05) is 0 Å². The maximum atomic E-state index is 8.01. The van der Waals surface area contributed by atoms with E-state index in [1.165, 1.54) is 6.21 Å². The number of nitrogens with zero attached hydrogens (tertiary/aromatic N) is 2. The largest absolute Gasteiger partial charge is 0.411 e. The van der Waals surface area contributed by atoms with Gasteiger partial charge in [0.15, 0.2) is 0 Å².